The normalized spacial score (nSPS) is 14.2. The molecule has 1 aromatic carbocycles. The van der Waals surface area contributed by atoms with Crippen LogP contribution < -0.4 is 5.43 Å². The van der Waals surface area contributed by atoms with Gasteiger partial charge in [-0.3, -0.25) is 4.79 Å². The first kappa shape index (κ1) is 30.0. The van der Waals surface area contributed by atoms with E-state index in [1.54, 1.807) is 11.3 Å². The number of fused-ring (bicyclic) bond motifs is 2. The van der Waals surface area contributed by atoms with E-state index in [0.717, 1.165) is 69.6 Å². The highest BCUT2D eigenvalue weighted by Gasteiger charge is 2.25. The van der Waals surface area contributed by atoms with Gasteiger partial charge in [0.1, 0.15) is 0 Å². The zero-order chi connectivity index (χ0) is 27.9. The third-order valence-corrected chi connectivity index (χ3v) is 8.75. The maximum absolute atomic E-state index is 13.3. The molecule has 1 aromatic rings. The lowest BCUT2D eigenvalue weighted by Crippen LogP contribution is -2.26. The molecule has 1 heterocycles. The summed E-state index contributed by atoms with van der Waals surface area (Å²) in [6, 6.07) is 8.09. The van der Waals surface area contributed by atoms with Gasteiger partial charge < -0.3 is 5.11 Å². The Labute approximate surface area is 233 Å². The van der Waals surface area contributed by atoms with Gasteiger partial charge in [-0.15, -0.1) is 11.3 Å². The Morgan fingerprint density at radius 2 is 1.55 bits per heavy atom. The van der Waals surface area contributed by atoms with Crippen LogP contribution in [-0.4, -0.2) is 15.7 Å². The van der Waals surface area contributed by atoms with E-state index in [4.69, 9.17) is 4.98 Å². The summed E-state index contributed by atoms with van der Waals surface area (Å²) < 4.78 is 1.08. The number of benzene rings is 2. The molecule has 3 nitrogen and oxygen atoms in total. The van der Waals surface area contributed by atoms with Crippen LogP contribution in [0.15, 0.2) is 64.0 Å². The van der Waals surface area contributed by atoms with Gasteiger partial charge in [-0.05, 0) is 118 Å². The minimum absolute atomic E-state index is 0.0964. The summed E-state index contributed by atoms with van der Waals surface area (Å²) in [6.07, 6.45) is 13.9. The average Bonchev–Trinajstić information content (AvgIpc) is 2.86. The summed E-state index contributed by atoms with van der Waals surface area (Å²) in [6.45, 7) is 14.5. The molecule has 1 unspecified atom stereocenters. The van der Waals surface area contributed by atoms with Crippen LogP contribution in [-0.2, 0) is 6.42 Å². The topological polar surface area (TPSA) is 50.2 Å². The predicted molar refractivity (Wildman–Crippen MR) is 166 cm³/mol. The standard InChI is InChI=1S/C34H45NO2S/c1-23(2)13-10-14-24(3)15-11-16-25(4)17-12-21-34(7,37)22-20-28-32(36)27(6)26(5)31-33(28)38-30-19-9-8-18-29(30)35-31/h8-9,13,15,17-19,37H,10-12,14,16,20-22H2,1-7H3. The number of para-hydroxylation sites is 1. The van der Waals surface area contributed by atoms with Gasteiger partial charge >= 0.3 is 0 Å². The smallest absolute Gasteiger partial charge is 0.186 e. The van der Waals surface area contributed by atoms with E-state index in [9.17, 15) is 9.90 Å². The zero-order valence-corrected chi connectivity index (χ0v) is 25.2. The van der Waals surface area contributed by atoms with Crippen LogP contribution in [0.5, 0.6) is 0 Å². The number of hydrogen-bond donors (Lipinski definition) is 1. The molecule has 38 heavy (non-hydrogen) atoms. The molecular weight excluding hydrogens is 486 g/mol. The van der Waals surface area contributed by atoms with E-state index in [2.05, 4.69) is 52.0 Å². The summed E-state index contributed by atoms with van der Waals surface area (Å²) in [5.41, 5.74) is 7.88. The molecule has 0 aromatic heterocycles. The van der Waals surface area contributed by atoms with Gasteiger partial charge in [0.05, 0.1) is 26.4 Å². The van der Waals surface area contributed by atoms with Crippen LogP contribution in [0.4, 0.5) is 0 Å². The first-order chi connectivity index (χ1) is 18.0. The Kier molecular flexibility index (Phi) is 10.6. The lowest BCUT2D eigenvalue weighted by atomic mass is 9.89. The Morgan fingerprint density at radius 1 is 0.921 bits per heavy atom. The summed E-state index contributed by atoms with van der Waals surface area (Å²) in [5.74, 6) is 0. The maximum Gasteiger partial charge on any atom is 0.186 e. The fraction of sp³-hybridized carbons (Fsp3) is 0.471. The molecule has 0 bridgehead atoms. The van der Waals surface area contributed by atoms with Gasteiger partial charge in [-0.25, -0.2) is 4.98 Å². The van der Waals surface area contributed by atoms with Crippen molar-refractivity contribution in [2.45, 2.75) is 105 Å². The molecule has 0 spiro atoms. The number of allylic oxidation sites excluding steroid dienone is 6. The van der Waals surface area contributed by atoms with Gasteiger partial charge in [-0.1, -0.05) is 47.1 Å². The Morgan fingerprint density at radius 3 is 2.24 bits per heavy atom. The van der Waals surface area contributed by atoms with Crippen LogP contribution >= 0.6 is 11.3 Å². The Hall–Kier alpha value is -2.56. The molecule has 204 valence electrons. The Balaban J connectivity index is 1.61. The quantitative estimate of drug-likeness (QED) is 0.187. The molecule has 3 rings (SSSR count). The molecule has 4 heteroatoms. The molecule has 0 saturated carbocycles. The molecule has 1 aliphatic carbocycles. The van der Waals surface area contributed by atoms with Crippen molar-refractivity contribution < 1.29 is 5.11 Å². The maximum atomic E-state index is 13.3. The van der Waals surface area contributed by atoms with E-state index in [0.29, 0.717) is 19.3 Å². The fourth-order valence-electron chi connectivity index (χ4n) is 4.82. The van der Waals surface area contributed by atoms with E-state index < -0.39 is 5.60 Å². The monoisotopic (exact) mass is 531 g/mol. The largest absolute Gasteiger partial charge is 0.390 e. The van der Waals surface area contributed by atoms with Gasteiger partial charge in [0.25, 0.3) is 0 Å². The van der Waals surface area contributed by atoms with E-state index >= 15 is 0 Å². The molecule has 1 N–H and O–H groups in total. The van der Waals surface area contributed by atoms with Crippen LogP contribution in [0.3, 0.4) is 0 Å². The molecule has 0 radical (unpaired) electrons. The first-order valence-corrected chi connectivity index (χ1v) is 14.8. The fourth-order valence-corrected chi connectivity index (χ4v) is 6.01. The van der Waals surface area contributed by atoms with Crippen molar-refractivity contribution in [3.63, 3.8) is 0 Å². The minimum Gasteiger partial charge on any atom is -0.390 e. The second-order valence-corrected chi connectivity index (χ2v) is 12.5. The number of aliphatic hydroxyl groups is 1. The van der Waals surface area contributed by atoms with Crippen molar-refractivity contribution in [3.8, 4) is 10.6 Å². The molecule has 0 fully saturated rings. The van der Waals surface area contributed by atoms with Crippen LogP contribution in [0.2, 0.25) is 0 Å². The molecular formula is C34H45NO2S. The third kappa shape index (κ3) is 8.22. The van der Waals surface area contributed by atoms with Crippen molar-refractivity contribution in [1.82, 2.24) is 4.98 Å². The summed E-state index contributed by atoms with van der Waals surface area (Å²) in [4.78, 5) is 19.1. The molecule has 1 aliphatic heterocycles. The molecule has 2 aliphatic rings. The van der Waals surface area contributed by atoms with E-state index in [1.807, 2.05) is 39.0 Å². The summed E-state index contributed by atoms with van der Waals surface area (Å²) in [7, 11) is 0. The Bertz CT molecular complexity index is 1370. The van der Waals surface area contributed by atoms with Gasteiger partial charge in [0.15, 0.2) is 5.43 Å². The van der Waals surface area contributed by atoms with Crippen LogP contribution in [0.1, 0.15) is 96.3 Å². The van der Waals surface area contributed by atoms with E-state index in [1.165, 1.54) is 16.7 Å². The van der Waals surface area contributed by atoms with Crippen molar-refractivity contribution >= 4 is 21.6 Å². The highest BCUT2D eigenvalue weighted by atomic mass is 32.1. The minimum atomic E-state index is -0.829. The first-order valence-electron chi connectivity index (χ1n) is 14.0. The number of nitrogens with zero attached hydrogens (tertiary/aromatic N) is 1. The summed E-state index contributed by atoms with van der Waals surface area (Å²) >= 11 is 1.64. The second kappa shape index (κ2) is 13.5. The molecule has 0 amide bonds. The van der Waals surface area contributed by atoms with Gasteiger partial charge in [0, 0.05) is 11.1 Å². The van der Waals surface area contributed by atoms with Crippen molar-refractivity contribution in [2.24, 2.45) is 0 Å². The SMILES string of the molecule is CC(C)=CCCC(C)=CCCC(C)=CCCC(C)(O)CCc1c2sc3ccccc3nc-2c(C)c(C)c1=O. The predicted octanol–water partition coefficient (Wildman–Crippen LogP) is 9.26. The number of rotatable bonds is 12. The van der Waals surface area contributed by atoms with Gasteiger partial charge in [0.2, 0.25) is 0 Å². The lowest BCUT2D eigenvalue weighted by molar-refractivity contribution is 0.0432. The third-order valence-electron chi connectivity index (χ3n) is 7.54. The van der Waals surface area contributed by atoms with Crippen molar-refractivity contribution in [1.29, 1.82) is 0 Å². The highest BCUT2D eigenvalue weighted by molar-refractivity contribution is 7.21. The van der Waals surface area contributed by atoms with Crippen molar-refractivity contribution in [3.05, 3.63) is 86.1 Å². The van der Waals surface area contributed by atoms with Crippen LogP contribution in [0.25, 0.3) is 20.8 Å². The summed E-state index contributed by atoms with van der Waals surface area (Å²) in [5, 5.41) is 11.2. The highest BCUT2D eigenvalue weighted by Crippen LogP contribution is 2.36. The molecule has 0 saturated heterocycles. The second-order valence-electron chi connectivity index (χ2n) is 11.4. The zero-order valence-electron chi connectivity index (χ0n) is 24.4. The average molecular weight is 532 g/mol. The van der Waals surface area contributed by atoms with Crippen LogP contribution in [0, 0.1) is 13.8 Å². The number of hydrogen-bond acceptors (Lipinski definition) is 4. The molecule has 1 atom stereocenters. The van der Waals surface area contributed by atoms with Crippen molar-refractivity contribution in [2.75, 3.05) is 0 Å². The van der Waals surface area contributed by atoms with Gasteiger partial charge in [-0.2, -0.15) is 0 Å². The lowest BCUT2D eigenvalue weighted by Gasteiger charge is -2.24. The van der Waals surface area contributed by atoms with E-state index in [-0.39, 0.29) is 5.43 Å². The number of aromatic nitrogens is 1.